The number of fused-ring (bicyclic) bond motifs is 1. The van der Waals surface area contributed by atoms with Gasteiger partial charge >= 0.3 is 0 Å². The highest BCUT2D eigenvalue weighted by Gasteiger charge is 2.28. The van der Waals surface area contributed by atoms with Crippen LogP contribution >= 0.6 is 0 Å². The number of H-pyrrole nitrogens is 1. The van der Waals surface area contributed by atoms with Crippen molar-refractivity contribution in [3.8, 4) is 11.3 Å². The van der Waals surface area contributed by atoms with E-state index >= 15 is 0 Å². The Balaban J connectivity index is 2.03. The van der Waals surface area contributed by atoms with E-state index in [4.69, 9.17) is 5.73 Å². The Morgan fingerprint density at radius 2 is 2.17 bits per heavy atom. The van der Waals surface area contributed by atoms with Gasteiger partial charge in [-0.3, -0.25) is 5.10 Å². The van der Waals surface area contributed by atoms with E-state index in [0.29, 0.717) is 11.7 Å². The van der Waals surface area contributed by atoms with Crippen molar-refractivity contribution in [2.45, 2.75) is 45.3 Å². The first-order chi connectivity index (χ1) is 11.1. The summed E-state index contributed by atoms with van der Waals surface area (Å²) >= 11 is 0. The lowest BCUT2D eigenvalue weighted by Gasteiger charge is -2.12. The summed E-state index contributed by atoms with van der Waals surface area (Å²) in [5.74, 6) is 0.996. The highest BCUT2D eigenvalue weighted by Crippen LogP contribution is 2.42. The molecule has 1 fully saturated rings. The van der Waals surface area contributed by atoms with E-state index in [1.807, 2.05) is 4.57 Å². The van der Waals surface area contributed by atoms with E-state index in [-0.39, 0.29) is 12.6 Å². The fourth-order valence-corrected chi connectivity index (χ4v) is 3.26. The third kappa shape index (κ3) is 2.11. The Kier molecular flexibility index (Phi) is 3.12. The number of nitrogens with two attached hydrogens (primary N) is 1. The predicted octanol–water partition coefficient (Wildman–Crippen LogP) is 2.35. The van der Waals surface area contributed by atoms with E-state index in [0.717, 1.165) is 33.7 Å². The van der Waals surface area contributed by atoms with Gasteiger partial charge in [-0.1, -0.05) is 0 Å². The van der Waals surface area contributed by atoms with Crippen LogP contribution in [-0.2, 0) is 6.61 Å². The molecule has 0 aliphatic heterocycles. The SMILES string of the molecule is CC(C)n1c(CO)c(-c2cc(C3CC3)[nH]n2)c2c(N)ncnc21. The summed E-state index contributed by atoms with van der Waals surface area (Å²) in [5, 5.41) is 18.3. The van der Waals surface area contributed by atoms with E-state index in [2.05, 4.69) is 40.1 Å². The maximum Gasteiger partial charge on any atom is 0.146 e. The zero-order valence-corrected chi connectivity index (χ0v) is 13.2. The Morgan fingerprint density at radius 3 is 2.83 bits per heavy atom. The third-order valence-corrected chi connectivity index (χ3v) is 4.45. The summed E-state index contributed by atoms with van der Waals surface area (Å²) in [5.41, 5.74) is 10.4. The van der Waals surface area contributed by atoms with Gasteiger partial charge < -0.3 is 15.4 Å². The number of nitrogens with zero attached hydrogens (tertiary/aromatic N) is 4. The first-order valence-corrected chi connectivity index (χ1v) is 7.91. The van der Waals surface area contributed by atoms with Crippen molar-refractivity contribution in [1.29, 1.82) is 0 Å². The van der Waals surface area contributed by atoms with Crippen LogP contribution in [0.2, 0.25) is 0 Å². The van der Waals surface area contributed by atoms with Gasteiger partial charge in [-0.05, 0) is 32.8 Å². The zero-order valence-electron chi connectivity index (χ0n) is 13.2. The zero-order chi connectivity index (χ0) is 16.1. The number of hydrogen-bond acceptors (Lipinski definition) is 5. The molecule has 0 spiro atoms. The summed E-state index contributed by atoms with van der Waals surface area (Å²) in [7, 11) is 0. The topological polar surface area (TPSA) is 106 Å². The molecule has 120 valence electrons. The monoisotopic (exact) mass is 312 g/mol. The fourth-order valence-electron chi connectivity index (χ4n) is 3.26. The van der Waals surface area contributed by atoms with Gasteiger partial charge in [0.1, 0.15) is 17.8 Å². The molecule has 1 saturated carbocycles. The Bertz CT molecular complexity index is 874. The maximum absolute atomic E-state index is 9.98. The minimum absolute atomic E-state index is 0.102. The second-order valence-electron chi connectivity index (χ2n) is 6.38. The van der Waals surface area contributed by atoms with Crippen LogP contribution < -0.4 is 5.73 Å². The quantitative estimate of drug-likeness (QED) is 0.685. The minimum Gasteiger partial charge on any atom is -0.390 e. The van der Waals surface area contributed by atoms with Crippen LogP contribution in [-0.4, -0.2) is 29.8 Å². The molecule has 3 aromatic rings. The number of aromatic amines is 1. The molecule has 7 nitrogen and oxygen atoms in total. The summed E-state index contributed by atoms with van der Waals surface area (Å²) in [4.78, 5) is 8.52. The van der Waals surface area contributed by atoms with Gasteiger partial charge in [-0.2, -0.15) is 5.10 Å². The first-order valence-electron chi connectivity index (χ1n) is 7.91. The van der Waals surface area contributed by atoms with Crippen molar-refractivity contribution in [3.05, 3.63) is 23.8 Å². The molecule has 3 heterocycles. The molecule has 0 unspecified atom stereocenters. The third-order valence-electron chi connectivity index (χ3n) is 4.45. The van der Waals surface area contributed by atoms with Crippen LogP contribution in [0.15, 0.2) is 12.4 Å². The van der Waals surface area contributed by atoms with Gasteiger partial charge in [0.2, 0.25) is 0 Å². The maximum atomic E-state index is 9.98. The lowest BCUT2D eigenvalue weighted by Crippen LogP contribution is -2.07. The van der Waals surface area contributed by atoms with Gasteiger partial charge in [0, 0.05) is 23.2 Å². The predicted molar refractivity (Wildman–Crippen MR) is 87.8 cm³/mol. The average molecular weight is 312 g/mol. The summed E-state index contributed by atoms with van der Waals surface area (Å²) in [6, 6.07) is 2.20. The van der Waals surface area contributed by atoms with Crippen molar-refractivity contribution in [3.63, 3.8) is 0 Å². The molecule has 23 heavy (non-hydrogen) atoms. The molecule has 0 amide bonds. The molecule has 1 aliphatic rings. The molecule has 3 aromatic heterocycles. The molecule has 7 heteroatoms. The summed E-state index contributed by atoms with van der Waals surface area (Å²) in [6.07, 6.45) is 3.86. The first kappa shape index (κ1) is 14.2. The fraction of sp³-hybridized carbons (Fsp3) is 0.438. The Morgan fingerprint density at radius 1 is 1.39 bits per heavy atom. The highest BCUT2D eigenvalue weighted by molar-refractivity contribution is 6.01. The Labute approximate surface area is 133 Å². The van der Waals surface area contributed by atoms with Crippen LogP contribution in [0.3, 0.4) is 0 Å². The van der Waals surface area contributed by atoms with E-state index in [9.17, 15) is 5.11 Å². The van der Waals surface area contributed by atoms with Gasteiger partial charge in [0.05, 0.1) is 23.4 Å². The lowest BCUT2D eigenvalue weighted by molar-refractivity contribution is 0.269. The average Bonchev–Trinajstić information content (AvgIpc) is 3.15. The van der Waals surface area contributed by atoms with Crippen LogP contribution in [0.25, 0.3) is 22.3 Å². The number of aromatic nitrogens is 5. The van der Waals surface area contributed by atoms with Crippen LogP contribution in [0.5, 0.6) is 0 Å². The summed E-state index contributed by atoms with van der Waals surface area (Å²) < 4.78 is 2.01. The number of nitrogen functional groups attached to an aromatic ring is 1. The van der Waals surface area contributed by atoms with Crippen molar-refractivity contribution < 1.29 is 5.11 Å². The second kappa shape index (κ2) is 5.06. The van der Waals surface area contributed by atoms with Crippen LogP contribution in [0, 0.1) is 0 Å². The molecule has 0 radical (unpaired) electrons. The standard InChI is InChI=1S/C16H20N6O/c1-8(2)22-12(6-23)13(14-15(17)18-7-19-16(14)22)11-5-10(20-21-11)9-3-4-9/h5,7-9,23H,3-4,6H2,1-2H3,(H,20,21)(H2,17,18,19). The van der Waals surface area contributed by atoms with Gasteiger partial charge in [-0.15, -0.1) is 0 Å². The molecule has 0 bridgehead atoms. The van der Waals surface area contributed by atoms with Crippen molar-refractivity contribution in [2.24, 2.45) is 0 Å². The van der Waals surface area contributed by atoms with E-state index in [1.165, 1.54) is 19.2 Å². The van der Waals surface area contributed by atoms with Crippen LogP contribution in [0.4, 0.5) is 5.82 Å². The van der Waals surface area contributed by atoms with Crippen molar-refractivity contribution in [2.75, 3.05) is 5.73 Å². The highest BCUT2D eigenvalue weighted by atomic mass is 16.3. The number of aliphatic hydroxyl groups is 1. The second-order valence-corrected chi connectivity index (χ2v) is 6.38. The lowest BCUT2D eigenvalue weighted by atomic mass is 10.1. The van der Waals surface area contributed by atoms with E-state index < -0.39 is 0 Å². The number of nitrogens with one attached hydrogen (secondary N) is 1. The normalized spacial score (nSPS) is 15.0. The molecule has 4 N–H and O–H groups in total. The molecular formula is C16H20N6O. The number of anilines is 1. The Hall–Kier alpha value is -2.41. The molecular weight excluding hydrogens is 292 g/mol. The summed E-state index contributed by atoms with van der Waals surface area (Å²) in [6.45, 7) is 4.01. The van der Waals surface area contributed by atoms with Gasteiger partial charge in [0.15, 0.2) is 0 Å². The van der Waals surface area contributed by atoms with E-state index in [1.54, 1.807) is 0 Å². The molecule has 0 atom stereocenters. The number of rotatable bonds is 4. The number of aliphatic hydroxyl groups excluding tert-OH is 1. The van der Waals surface area contributed by atoms with Gasteiger partial charge in [0.25, 0.3) is 0 Å². The smallest absolute Gasteiger partial charge is 0.146 e. The molecule has 0 aromatic carbocycles. The van der Waals surface area contributed by atoms with Gasteiger partial charge in [-0.25, -0.2) is 9.97 Å². The number of hydrogen-bond donors (Lipinski definition) is 3. The molecule has 0 saturated heterocycles. The van der Waals surface area contributed by atoms with Crippen molar-refractivity contribution in [1.82, 2.24) is 24.7 Å². The minimum atomic E-state index is -0.102. The molecule has 4 rings (SSSR count). The van der Waals surface area contributed by atoms with Crippen molar-refractivity contribution >= 4 is 16.9 Å². The van der Waals surface area contributed by atoms with Crippen LogP contribution in [0.1, 0.15) is 50.0 Å². The largest absolute Gasteiger partial charge is 0.390 e. The molecule has 1 aliphatic carbocycles.